The van der Waals surface area contributed by atoms with Gasteiger partial charge in [-0.2, -0.15) is 4.39 Å². The van der Waals surface area contributed by atoms with Gasteiger partial charge in [0.15, 0.2) is 7.49 Å². The van der Waals surface area contributed by atoms with Crippen molar-refractivity contribution in [1.29, 1.82) is 0 Å². The summed E-state index contributed by atoms with van der Waals surface area (Å²) in [7, 11) is -2.27. The number of hydrogen-bond acceptors (Lipinski definition) is 1. The van der Waals surface area contributed by atoms with E-state index in [4.69, 9.17) is 6.42 Å². The zero-order chi connectivity index (χ0) is 7.78. The van der Waals surface area contributed by atoms with Crippen LogP contribution in [-0.2, 0) is 0 Å². The molecule has 0 radical (unpaired) electrons. The van der Waals surface area contributed by atoms with Gasteiger partial charge in [-0.15, -0.1) is 6.42 Å². The molecular formula is C7H11FOP+. The van der Waals surface area contributed by atoms with E-state index in [0.717, 1.165) is 0 Å². The van der Waals surface area contributed by atoms with Crippen LogP contribution >= 0.6 is 7.49 Å². The molecule has 1 fully saturated rings. The summed E-state index contributed by atoms with van der Waals surface area (Å²) >= 11 is 0. The quantitative estimate of drug-likeness (QED) is 0.421. The molecule has 56 valence electrons. The third-order valence-electron chi connectivity index (χ3n) is 1.91. The smallest absolute Gasteiger partial charge is 0.232 e. The van der Waals surface area contributed by atoms with Gasteiger partial charge in [0.2, 0.25) is 5.91 Å². The fourth-order valence-corrected chi connectivity index (χ4v) is 3.30. The Bertz CT molecular complexity index is 173. The van der Waals surface area contributed by atoms with Crippen molar-refractivity contribution >= 4 is 7.49 Å². The normalized spacial score (nSPS) is 47.0. The van der Waals surface area contributed by atoms with Crippen LogP contribution in [0.3, 0.4) is 0 Å². The maximum atomic E-state index is 12.8. The molecular weight excluding hydrogens is 150 g/mol. The molecule has 10 heavy (non-hydrogen) atoms. The Morgan fingerprint density at radius 2 is 2.40 bits per heavy atom. The highest BCUT2D eigenvalue weighted by molar-refractivity contribution is 7.70. The summed E-state index contributed by atoms with van der Waals surface area (Å²) in [5.41, 5.74) is 0. The maximum Gasteiger partial charge on any atom is 0.232 e. The molecule has 1 saturated heterocycles. The van der Waals surface area contributed by atoms with Gasteiger partial charge in [-0.25, -0.2) is 4.89 Å². The third kappa shape index (κ3) is 1.31. The largest absolute Gasteiger partial charge is 0.249 e. The van der Waals surface area contributed by atoms with Gasteiger partial charge in [0.25, 0.3) is 0 Å². The van der Waals surface area contributed by atoms with Gasteiger partial charge in [-0.3, -0.25) is 0 Å². The molecule has 0 aromatic rings. The Morgan fingerprint density at radius 3 is 2.60 bits per heavy atom. The fraction of sp³-hybridized carbons (Fsp3) is 0.714. The summed E-state index contributed by atoms with van der Waals surface area (Å²) in [5, 5.41) is 0. The summed E-state index contributed by atoms with van der Waals surface area (Å²) < 4.78 is 12.8. The minimum absolute atomic E-state index is 0.0293. The molecule has 0 aromatic heterocycles. The topological polar surface area (TPSA) is 20.2 Å². The molecule has 1 aliphatic rings. The van der Waals surface area contributed by atoms with E-state index in [-0.39, 0.29) is 5.92 Å². The zero-order valence-corrected chi connectivity index (χ0v) is 6.81. The van der Waals surface area contributed by atoms with Crippen LogP contribution in [0.15, 0.2) is 0 Å². The predicted molar refractivity (Wildman–Crippen MR) is 41.8 cm³/mol. The lowest BCUT2D eigenvalue weighted by atomic mass is 10.1. The maximum absolute atomic E-state index is 12.8. The molecule has 0 amide bonds. The molecule has 1 heterocycles. The average Bonchev–Trinajstić information content (AvgIpc) is 2.08. The number of hydrogen-bond donors (Lipinski definition) is 1. The Kier molecular flexibility index (Phi) is 1.99. The van der Waals surface area contributed by atoms with E-state index in [1.165, 1.54) is 0 Å². The van der Waals surface area contributed by atoms with E-state index in [2.05, 4.69) is 5.92 Å². The molecule has 1 rings (SSSR count). The second kappa shape index (κ2) is 2.49. The summed E-state index contributed by atoms with van der Waals surface area (Å²) in [4.78, 5) is 9.41. The molecule has 0 saturated carbocycles. The van der Waals surface area contributed by atoms with Crippen molar-refractivity contribution in [1.82, 2.24) is 0 Å². The lowest BCUT2D eigenvalue weighted by Gasteiger charge is -2.08. The molecule has 3 atom stereocenters. The van der Waals surface area contributed by atoms with Gasteiger partial charge >= 0.3 is 0 Å². The van der Waals surface area contributed by atoms with Crippen LogP contribution in [0.5, 0.6) is 0 Å². The molecule has 1 nitrogen and oxygen atoms in total. The second-order valence-corrected chi connectivity index (χ2v) is 6.28. The van der Waals surface area contributed by atoms with Crippen LogP contribution in [0.2, 0.25) is 0 Å². The number of terminal acetylenes is 1. The van der Waals surface area contributed by atoms with E-state index in [1.54, 1.807) is 6.66 Å². The van der Waals surface area contributed by atoms with Crippen molar-refractivity contribution in [3.63, 3.8) is 0 Å². The van der Waals surface area contributed by atoms with Gasteiger partial charge in [0, 0.05) is 6.42 Å². The summed E-state index contributed by atoms with van der Waals surface area (Å²) in [6.07, 6.45) is 5.97. The van der Waals surface area contributed by atoms with Crippen LogP contribution in [-0.4, -0.2) is 23.6 Å². The summed E-state index contributed by atoms with van der Waals surface area (Å²) in [5.74, 6) is 1.41. The standard InChI is InChI=1S/C7H11FOP/c1-3-6-4-7(8)10(2,9)5-6/h1,6-7,9H,4-5H2,2H3/q+1. The first-order chi connectivity index (χ1) is 4.56. The summed E-state index contributed by atoms with van der Waals surface area (Å²) in [6, 6.07) is 0. The van der Waals surface area contributed by atoms with Crippen molar-refractivity contribution < 1.29 is 9.28 Å². The molecule has 3 heteroatoms. The SMILES string of the molecule is C#CC1CC(F)[P+](C)(O)C1. The zero-order valence-electron chi connectivity index (χ0n) is 5.92. The highest BCUT2D eigenvalue weighted by atomic mass is 31.2. The third-order valence-corrected chi connectivity index (χ3v) is 4.51. The monoisotopic (exact) mass is 161 g/mol. The van der Waals surface area contributed by atoms with Crippen molar-refractivity contribution in [2.24, 2.45) is 5.92 Å². The fourth-order valence-electron chi connectivity index (χ4n) is 1.22. The number of alkyl halides is 1. The van der Waals surface area contributed by atoms with Gasteiger partial charge in [-0.05, 0) is 0 Å². The molecule has 3 unspecified atom stereocenters. The first-order valence-electron chi connectivity index (χ1n) is 3.24. The average molecular weight is 161 g/mol. The van der Waals surface area contributed by atoms with Crippen LogP contribution < -0.4 is 0 Å². The van der Waals surface area contributed by atoms with E-state index in [0.29, 0.717) is 12.6 Å². The van der Waals surface area contributed by atoms with E-state index < -0.39 is 13.4 Å². The molecule has 0 aromatic carbocycles. The van der Waals surface area contributed by atoms with Crippen LogP contribution in [0.25, 0.3) is 0 Å². The van der Waals surface area contributed by atoms with Gasteiger partial charge < -0.3 is 0 Å². The van der Waals surface area contributed by atoms with E-state index in [9.17, 15) is 9.28 Å². The Morgan fingerprint density at radius 1 is 1.80 bits per heavy atom. The Balaban J connectivity index is 2.64. The van der Waals surface area contributed by atoms with Crippen LogP contribution in [0, 0.1) is 18.3 Å². The van der Waals surface area contributed by atoms with Crippen LogP contribution in [0.4, 0.5) is 4.39 Å². The Hall–Kier alpha value is -0.120. The minimum Gasteiger partial charge on any atom is -0.249 e. The van der Waals surface area contributed by atoms with E-state index in [1.807, 2.05) is 0 Å². The lowest BCUT2D eigenvalue weighted by Crippen LogP contribution is -1.98. The Labute approximate surface area is 61.1 Å². The second-order valence-electron chi connectivity index (χ2n) is 2.93. The molecule has 0 spiro atoms. The van der Waals surface area contributed by atoms with Crippen molar-refractivity contribution in [2.45, 2.75) is 12.3 Å². The van der Waals surface area contributed by atoms with E-state index >= 15 is 0 Å². The molecule has 1 N–H and O–H groups in total. The highest BCUT2D eigenvalue weighted by Crippen LogP contribution is 2.64. The molecule has 0 bridgehead atoms. The van der Waals surface area contributed by atoms with Crippen molar-refractivity contribution in [2.75, 3.05) is 12.8 Å². The van der Waals surface area contributed by atoms with Gasteiger partial charge in [0.05, 0.1) is 12.6 Å². The number of halogens is 1. The lowest BCUT2D eigenvalue weighted by molar-refractivity contribution is 0.397. The predicted octanol–water partition coefficient (Wildman–Crippen LogP) is 1.49. The number of rotatable bonds is 0. The first kappa shape index (κ1) is 7.98. The first-order valence-corrected chi connectivity index (χ1v) is 5.69. The minimum atomic E-state index is -2.27. The summed E-state index contributed by atoms with van der Waals surface area (Å²) in [6.45, 7) is 1.61. The van der Waals surface area contributed by atoms with Crippen molar-refractivity contribution in [3.8, 4) is 12.3 Å². The van der Waals surface area contributed by atoms with Gasteiger partial charge in [-0.1, -0.05) is 5.92 Å². The molecule has 0 aliphatic carbocycles. The van der Waals surface area contributed by atoms with Gasteiger partial charge in [0.1, 0.15) is 6.16 Å². The van der Waals surface area contributed by atoms with Crippen LogP contribution in [0.1, 0.15) is 6.42 Å². The molecule has 1 aliphatic heterocycles. The van der Waals surface area contributed by atoms with Crippen molar-refractivity contribution in [3.05, 3.63) is 0 Å². The highest BCUT2D eigenvalue weighted by Gasteiger charge is 2.50.